The number of carbonyl (C=O) groups excluding carboxylic acids is 1. The lowest BCUT2D eigenvalue weighted by molar-refractivity contribution is -0.117. The van der Waals surface area contributed by atoms with Crippen LogP contribution in [0.3, 0.4) is 0 Å². The van der Waals surface area contributed by atoms with Crippen molar-refractivity contribution in [3.05, 3.63) is 29.8 Å². The number of methoxy groups -OCH3 is 1. The van der Waals surface area contributed by atoms with Crippen LogP contribution in [0.2, 0.25) is 0 Å². The predicted octanol–water partition coefficient (Wildman–Crippen LogP) is 3.60. The molecule has 1 aromatic carbocycles. The van der Waals surface area contributed by atoms with Crippen LogP contribution in [0.5, 0.6) is 0 Å². The number of rotatable bonds is 5. The SMILES string of the molecule is COCc1ccccc1NC(=O)C[C@@H]1C[C@H]2CC[C@H]1C2. The Morgan fingerprint density at radius 2 is 2.15 bits per heavy atom. The van der Waals surface area contributed by atoms with Gasteiger partial charge in [0.1, 0.15) is 0 Å². The number of ether oxygens (including phenoxy) is 1. The number of nitrogens with one attached hydrogen (secondary N) is 1. The van der Waals surface area contributed by atoms with Gasteiger partial charge in [-0.05, 0) is 43.1 Å². The van der Waals surface area contributed by atoms with E-state index < -0.39 is 0 Å². The molecule has 3 heteroatoms. The van der Waals surface area contributed by atoms with Crippen LogP contribution in [0.15, 0.2) is 24.3 Å². The first-order valence-corrected chi connectivity index (χ1v) is 7.63. The Balaban J connectivity index is 1.59. The van der Waals surface area contributed by atoms with Crippen LogP contribution < -0.4 is 5.32 Å². The van der Waals surface area contributed by atoms with Gasteiger partial charge in [0, 0.05) is 24.8 Å². The molecule has 0 radical (unpaired) electrons. The molecular formula is C17H23NO2. The molecule has 20 heavy (non-hydrogen) atoms. The lowest BCUT2D eigenvalue weighted by Crippen LogP contribution is -2.20. The maximum absolute atomic E-state index is 12.2. The lowest BCUT2D eigenvalue weighted by atomic mass is 9.86. The molecule has 0 heterocycles. The van der Waals surface area contributed by atoms with Crippen molar-refractivity contribution < 1.29 is 9.53 Å². The zero-order valence-electron chi connectivity index (χ0n) is 12.1. The van der Waals surface area contributed by atoms with Gasteiger partial charge in [0.05, 0.1) is 6.61 Å². The number of carbonyl (C=O) groups is 1. The van der Waals surface area contributed by atoms with E-state index in [1.165, 1.54) is 25.7 Å². The molecule has 0 aliphatic heterocycles. The Morgan fingerprint density at radius 3 is 2.85 bits per heavy atom. The fraction of sp³-hybridized carbons (Fsp3) is 0.588. The second-order valence-electron chi connectivity index (χ2n) is 6.28. The van der Waals surface area contributed by atoms with Crippen molar-refractivity contribution in [1.29, 1.82) is 0 Å². The van der Waals surface area contributed by atoms with Crippen molar-refractivity contribution in [2.24, 2.45) is 17.8 Å². The maximum atomic E-state index is 12.2. The van der Waals surface area contributed by atoms with Gasteiger partial charge in [-0.1, -0.05) is 24.6 Å². The summed E-state index contributed by atoms with van der Waals surface area (Å²) in [6, 6.07) is 7.87. The lowest BCUT2D eigenvalue weighted by Gasteiger charge is -2.21. The van der Waals surface area contributed by atoms with E-state index in [4.69, 9.17) is 4.74 Å². The van der Waals surface area contributed by atoms with Crippen molar-refractivity contribution in [2.75, 3.05) is 12.4 Å². The van der Waals surface area contributed by atoms with E-state index in [1.807, 2.05) is 24.3 Å². The smallest absolute Gasteiger partial charge is 0.224 e. The predicted molar refractivity (Wildman–Crippen MR) is 79.3 cm³/mol. The minimum atomic E-state index is 0.158. The van der Waals surface area contributed by atoms with E-state index in [-0.39, 0.29) is 5.91 Å². The summed E-state index contributed by atoms with van der Waals surface area (Å²) in [5.74, 6) is 2.48. The standard InChI is InChI=1S/C17H23NO2/c1-20-11-14-4-2-3-5-16(14)18-17(19)10-15-9-12-6-7-13(15)8-12/h2-5,12-13,15H,6-11H2,1H3,(H,18,19)/t12-,13-,15-/m0/s1. The van der Waals surface area contributed by atoms with E-state index in [1.54, 1.807) is 7.11 Å². The zero-order chi connectivity index (χ0) is 13.9. The third-order valence-electron chi connectivity index (χ3n) is 4.92. The molecule has 2 bridgehead atoms. The van der Waals surface area contributed by atoms with Crippen LogP contribution in [-0.4, -0.2) is 13.0 Å². The molecule has 3 atom stereocenters. The molecule has 0 saturated heterocycles. The molecule has 2 saturated carbocycles. The molecule has 3 nitrogen and oxygen atoms in total. The molecule has 1 N–H and O–H groups in total. The van der Waals surface area contributed by atoms with Crippen LogP contribution in [0.4, 0.5) is 5.69 Å². The number of fused-ring (bicyclic) bond motifs is 2. The molecule has 1 aromatic rings. The Morgan fingerprint density at radius 1 is 1.30 bits per heavy atom. The normalized spacial score (nSPS) is 27.8. The Bertz CT molecular complexity index is 486. The van der Waals surface area contributed by atoms with E-state index in [0.717, 1.165) is 23.1 Å². The molecular weight excluding hydrogens is 250 g/mol. The number of hydrogen-bond acceptors (Lipinski definition) is 2. The Kier molecular flexibility index (Phi) is 4.06. The first-order valence-electron chi connectivity index (χ1n) is 7.63. The Hall–Kier alpha value is -1.35. The summed E-state index contributed by atoms with van der Waals surface area (Å²) >= 11 is 0. The van der Waals surface area contributed by atoms with Crippen molar-refractivity contribution in [3.8, 4) is 0 Å². The summed E-state index contributed by atoms with van der Waals surface area (Å²) in [5, 5.41) is 3.06. The van der Waals surface area contributed by atoms with E-state index in [0.29, 0.717) is 18.9 Å². The molecule has 0 unspecified atom stereocenters. The second-order valence-corrected chi connectivity index (χ2v) is 6.28. The molecule has 1 amide bonds. The molecule has 2 fully saturated rings. The van der Waals surface area contributed by atoms with Crippen molar-refractivity contribution >= 4 is 11.6 Å². The molecule has 2 aliphatic rings. The van der Waals surface area contributed by atoms with Gasteiger partial charge in [0.15, 0.2) is 0 Å². The van der Waals surface area contributed by atoms with Crippen LogP contribution >= 0.6 is 0 Å². The fourth-order valence-electron chi connectivity index (χ4n) is 3.99. The highest BCUT2D eigenvalue weighted by molar-refractivity contribution is 5.91. The van der Waals surface area contributed by atoms with Gasteiger partial charge in [-0.25, -0.2) is 0 Å². The van der Waals surface area contributed by atoms with Gasteiger partial charge in [0.2, 0.25) is 5.91 Å². The van der Waals surface area contributed by atoms with Gasteiger partial charge in [0.25, 0.3) is 0 Å². The van der Waals surface area contributed by atoms with Crippen molar-refractivity contribution in [3.63, 3.8) is 0 Å². The first kappa shape index (κ1) is 13.6. The van der Waals surface area contributed by atoms with Gasteiger partial charge >= 0.3 is 0 Å². The molecule has 3 rings (SSSR count). The van der Waals surface area contributed by atoms with Crippen LogP contribution in [0, 0.1) is 17.8 Å². The topological polar surface area (TPSA) is 38.3 Å². The van der Waals surface area contributed by atoms with Crippen LogP contribution in [-0.2, 0) is 16.1 Å². The quantitative estimate of drug-likeness (QED) is 0.890. The van der Waals surface area contributed by atoms with Gasteiger partial charge in [-0.15, -0.1) is 0 Å². The van der Waals surface area contributed by atoms with E-state index >= 15 is 0 Å². The van der Waals surface area contributed by atoms with Gasteiger partial charge < -0.3 is 10.1 Å². The maximum Gasteiger partial charge on any atom is 0.224 e. The third-order valence-corrected chi connectivity index (χ3v) is 4.92. The van der Waals surface area contributed by atoms with Crippen molar-refractivity contribution in [1.82, 2.24) is 0 Å². The van der Waals surface area contributed by atoms with Crippen molar-refractivity contribution in [2.45, 2.75) is 38.7 Å². The highest BCUT2D eigenvalue weighted by atomic mass is 16.5. The summed E-state index contributed by atoms with van der Waals surface area (Å²) in [4.78, 5) is 12.2. The molecule has 2 aliphatic carbocycles. The third kappa shape index (κ3) is 2.88. The highest BCUT2D eigenvalue weighted by Crippen LogP contribution is 2.49. The molecule has 0 spiro atoms. The van der Waals surface area contributed by atoms with E-state index in [9.17, 15) is 4.79 Å². The molecule has 108 valence electrons. The fourth-order valence-corrected chi connectivity index (χ4v) is 3.99. The number of hydrogen-bond donors (Lipinski definition) is 1. The first-order chi connectivity index (χ1) is 9.76. The molecule has 0 aromatic heterocycles. The summed E-state index contributed by atoms with van der Waals surface area (Å²) in [5.41, 5.74) is 1.93. The largest absolute Gasteiger partial charge is 0.380 e. The summed E-state index contributed by atoms with van der Waals surface area (Å²) in [6.07, 6.45) is 6.03. The second kappa shape index (κ2) is 5.96. The number of anilines is 1. The summed E-state index contributed by atoms with van der Waals surface area (Å²) in [7, 11) is 1.67. The van der Waals surface area contributed by atoms with Gasteiger partial charge in [-0.3, -0.25) is 4.79 Å². The zero-order valence-corrected chi connectivity index (χ0v) is 12.1. The summed E-state index contributed by atoms with van der Waals surface area (Å²) < 4.78 is 5.17. The minimum absolute atomic E-state index is 0.158. The average molecular weight is 273 g/mol. The number of para-hydroxylation sites is 1. The van der Waals surface area contributed by atoms with E-state index in [2.05, 4.69) is 5.32 Å². The van der Waals surface area contributed by atoms with Crippen LogP contribution in [0.1, 0.15) is 37.7 Å². The van der Waals surface area contributed by atoms with Crippen LogP contribution in [0.25, 0.3) is 0 Å². The number of benzene rings is 1. The Labute approximate surface area is 120 Å². The monoisotopic (exact) mass is 273 g/mol. The average Bonchev–Trinajstić information content (AvgIpc) is 3.03. The summed E-state index contributed by atoms with van der Waals surface area (Å²) in [6.45, 7) is 0.532. The number of amides is 1. The highest BCUT2D eigenvalue weighted by Gasteiger charge is 2.40. The van der Waals surface area contributed by atoms with Gasteiger partial charge in [-0.2, -0.15) is 0 Å². The minimum Gasteiger partial charge on any atom is -0.380 e.